The van der Waals surface area contributed by atoms with Crippen LogP contribution in [0.2, 0.25) is 0 Å². The number of nitro benzene ring substituents is 1. The minimum Gasteiger partial charge on any atom is -0.494 e. The molecule has 1 atom stereocenters. The summed E-state index contributed by atoms with van der Waals surface area (Å²) in [6, 6.07) is 37.8. The van der Waals surface area contributed by atoms with E-state index in [-0.39, 0.29) is 22.9 Å². The normalized spacial score (nSPS) is 11.6. The lowest BCUT2D eigenvalue weighted by atomic mass is 10.1. The molecule has 3 amide bonds. The second-order valence-electron chi connectivity index (χ2n) is 11.3. The molecule has 0 fully saturated rings. The van der Waals surface area contributed by atoms with Crippen molar-refractivity contribution >= 4 is 52.6 Å². The molecule has 11 heteroatoms. The molecule has 0 aromatic heterocycles. The summed E-state index contributed by atoms with van der Waals surface area (Å²) < 4.78 is 5.74. The topological polar surface area (TPSA) is 140 Å². The van der Waals surface area contributed by atoms with Crippen molar-refractivity contribution in [1.29, 1.82) is 0 Å². The molecule has 10 nitrogen and oxygen atoms in total. The van der Waals surface area contributed by atoms with E-state index >= 15 is 0 Å². The van der Waals surface area contributed by atoms with Crippen molar-refractivity contribution < 1.29 is 24.0 Å². The van der Waals surface area contributed by atoms with Gasteiger partial charge in [0.1, 0.15) is 16.7 Å². The Hall–Kier alpha value is -6.20. The molecule has 258 valence electrons. The molecule has 0 bridgehead atoms. The number of para-hydroxylation sites is 1. The highest BCUT2D eigenvalue weighted by molar-refractivity contribution is 8.00. The van der Waals surface area contributed by atoms with E-state index in [1.807, 2.05) is 48.5 Å². The number of carbonyl (C=O) groups is 3. The van der Waals surface area contributed by atoms with Gasteiger partial charge in [0.2, 0.25) is 5.91 Å². The van der Waals surface area contributed by atoms with Crippen LogP contribution in [0.4, 0.5) is 17.1 Å². The van der Waals surface area contributed by atoms with E-state index in [1.54, 1.807) is 66.7 Å². The van der Waals surface area contributed by atoms with E-state index in [1.165, 1.54) is 36.0 Å². The minimum atomic E-state index is -0.695. The quantitative estimate of drug-likeness (QED) is 0.0327. The van der Waals surface area contributed by atoms with Gasteiger partial charge in [0, 0.05) is 27.9 Å². The Morgan fingerprint density at radius 3 is 2.20 bits per heavy atom. The minimum absolute atomic E-state index is 0.140. The zero-order valence-electron chi connectivity index (χ0n) is 27.8. The molecule has 0 aliphatic rings. The molecular weight excluding hydrogens is 665 g/mol. The fourth-order valence-electron chi connectivity index (χ4n) is 4.93. The number of hydrogen-bond acceptors (Lipinski definition) is 7. The van der Waals surface area contributed by atoms with Crippen LogP contribution in [0.1, 0.15) is 46.5 Å². The molecule has 1 unspecified atom stereocenters. The van der Waals surface area contributed by atoms with Gasteiger partial charge in [0.05, 0.1) is 17.1 Å². The lowest BCUT2D eigenvalue weighted by Gasteiger charge is -2.18. The number of hydrogen-bond donors (Lipinski definition) is 3. The van der Waals surface area contributed by atoms with Gasteiger partial charge in [-0.05, 0) is 78.7 Å². The van der Waals surface area contributed by atoms with Gasteiger partial charge >= 0.3 is 0 Å². The van der Waals surface area contributed by atoms with Crippen LogP contribution in [-0.2, 0) is 9.59 Å². The van der Waals surface area contributed by atoms with E-state index in [9.17, 15) is 24.5 Å². The molecule has 0 saturated carbocycles. The third kappa shape index (κ3) is 10.4. The summed E-state index contributed by atoms with van der Waals surface area (Å²) in [5, 5.41) is 19.5. The largest absolute Gasteiger partial charge is 0.494 e. The Labute approximate surface area is 300 Å². The van der Waals surface area contributed by atoms with Crippen molar-refractivity contribution in [3.63, 3.8) is 0 Å². The van der Waals surface area contributed by atoms with Crippen LogP contribution in [0.5, 0.6) is 5.75 Å². The Bertz CT molecular complexity index is 2000. The Morgan fingerprint density at radius 1 is 0.804 bits per heavy atom. The van der Waals surface area contributed by atoms with E-state index in [4.69, 9.17) is 4.74 Å². The summed E-state index contributed by atoms with van der Waals surface area (Å²) in [4.78, 5) is 52.3. The number of unbranched alkanes of at least 4 members (excludes halogenated alkanes) is 1. The number of amides is 3. The van der Waals surface area contributed by atoms with Gasteiger partial charge in [-0.2, -0.15) is 0 Å². The summed E-state index contributed by atoms with van der Waals surface area (Å²) in [6.45, 7) is 2.73. The Balaban J connectivity index is 1.36. The van der Waals surface area contributed by atoms with Crippen LogP contribution < -0.4 is 20.7 Å². The van der Waals surface area contributed by atoms with Crippen LogP contribution in [0.3, 0.4) is 0 Å². The second kappa shape index (κ2) is 18.0. The molecule has 5 aromatic rings. The summed E-state index contributed by atoms with van der Waals surface area (Å²) in [5.74, 6) is -0.762. The summed E-state index contributed by atoms with van der Waals surface area (Å²) >= 11 is 1.30. The fraction of sp³-hybridized carbons (Fsp3) is 0.125. The van der Waals surface area contributed by atoms with Crippen molar-refractivity contribution in [2.75, 3.05) is 17.2 Å². The molecular formula is C40H36N4O6S. The van der Waals surface area contributed by atoms with Crippen LogP contribution in [-0.4, -0.2) is 29.3 Å². The number of ether oxygens (including phenoxy) is 1. The average Bonchev–Trinajstić information content (AvgIpc) is 3.15. The van der Waals surface area contributed by atoms with Gasteiger partial charge in [-0.3, -0.25) is 24.5 Å². The third-order valence-electron chi connectivity index (χ3n) is 7.54. The molecule has 0 radical (unpaired) electrons. The number of rotatable bonds is 15. The standard InChI is InChI=1S/C40H36N4O6S/c1-2-3-25-50-33-23-21-31(22-24-33)41-40(47)37(28-13-6-4-7-14-28)51-34-19-12-18-32(27-34)42-39(46)35(43-38(45)29-15-8-5-9-16-29)26-30-17-10-11-20-36(30)44(48)49/h4-24,26-27,37H,2-3,25H2,1H3,(H,41,47)(H,42,46)(H,43,45)/b35-26+. The first-order chi connectivity index (χ1) is 24.8. The van der Waals surface area contributed by atoms with Crippen molar-refractivity contribution in [2.24, 2.45) is 0 Å². The van der Waals surface area contributed by atoms with Crippen molar-refractivity contribution in [3.05, 3.63) is 166 Å². The first kappa shape index (κ1) is 36.1. The number of thioether (sulfide) groups is 1. The number of benzene rings is 5. The lowest BCUT2D eigenvalue weighted by Crippen LogP contribution is -2.30. The maximum Gasteiger partial charge on any atom is 0.276 e. The van der Waals surface area contributed by atoms with Crippen molar-refractivity contribution in [3.8, 4) is 5.75 Å². The average molecular weight is 701 g/mol. The fourth-order valence-corrected chi connectivity index (χ4v) is 6.02. The smallest absolute Gasteiger partial charge is 0.276 e. The molecule has 51 heavy (non-hydrogen) atoms. The maximum absolute atomic E-state index is 13.7. The molecule has 5 rings (SSSR count). The second-order valence-corrected chi connectivity index (χ2v) is 12.5. The van der Waals surface area contributed by atoms with Crippen molar-refractivity contribution in [1.82, 2.24) is 5.32 Å². The Morgan fingerprint density at radius 2 is 1.49 bits per heavy atom. The zero-order valence-corrected chi connectivity index (χ0v) is 28.6. The summed E-state index contributed by atoms with van der Waals surface area (Å²) in [6.07, 6.45) is 3.26. The molecule has 0 saturated heterocycles. The molecule has 0 heterocycles. The molecule has 5 aromatic carbocycles. The first-order valence-electron chi connectivity index (χ1n) is 16.3. The van der Waals surface area contributed by atoms with Gasteiger partial charge in [0.25, 0.3) is 17.5 Å². The highest BCUT2D eigenvalue weighted by atomic mass is 32.2. The van der Waals surface area contributed by atoms with E-state index in [2.05, 4.69) is 22.9 Å². The molecule has 3 N–H and O–H groups in total. The van der Waals surface area contributed by atoms with E-state index < -0.39 is 22.0 Å². The van der Waals surface area contributed by atoms with Gasteiger partial charge in [-0.25, -0.2) is 0 Å². The number of anilines is 2. The highest BCUT2D eigenvalue weighted by Crippen LogP contribution is 2.37. The predicted molar refractivity (Wildman–Crippen MR) is 201 cm³/mol. The SMILES string of the molecule is CCCCOc1ccc(NC(=O)C(Sc2cccc(NC(=O)/C(=C\c3ccccc3[N+](=O)[O-])NC(=O)c3ccccc3)c2)c2ccccc2)cc1. The highest BCUT2D eigenvalue weighted by Gasteiger charge is 2.23. The molecule has 0 aliphatic carbocycles. The first-order valence-corrected chi connectivity index (χ1v) is 17.2. The summed E-state index contributed by atoms with van der Waals surface area (Å²) in [5.41, 5.74) is 1.82. The van der Waals surface area contributed by atoms with Gasteiger partial charge in [-0.15, -0.1) is 11.8 Å². The van der Waals surface area contributed by atoms with Gasteiger partial charge in [0.15, 0.2) is 0 Å². The maximum atomic E-state index is 13.7. The number of carbonyl (C=O) groups excluding carboxylic acids is 3. The van der Waals surface area contributed by atoms with Crippen LogP contribution in [0.25, 0.3) is 6.08 Å². The third-order valence-corrected chi connectivity index (χ3v) is 8.78. The van der Waals surface area contributed by atoms with E-state index in [0.717, 1.165) is 24.2 Å². The van der Waals surface area contributed by atoms with Crippen molar-refractivity contribution in [2.45, 2.75) is 29.9 Å². The van der Waals surface area contributed by atoms with Gasteiger partial charge in [-0.1, -0.05) is 80.1 Å². The monoisotopic (exact) mass is 700 g/mol. The van der Waals surface area contributed by atoms with Gasteiger partial charge < -0.3 is 20.7 Å². The van der Waals surface area contributed by atoms with E-state index in [0.29, 0.717) is 28.4 Å². The molecule has 0 spiro atoms. The Kier molecular flexibility index (Phi) is 12.7. The zero-order chi connectivity index (χ0) is 36.0. The number of nitro groups is 1. The molecule has 0 aliphatic heterocycles. The lowest BCUT2D eigenvalue weighted by molar-refractivity contribution is -0.385. The number of nitrogens with zero attached hydrogens (tertiary/aromatic N) is 1. The van der Waals surface area contributed by atoms with Crippen LogP contribution in [0, 0.1) is 10.1 Å². The summed E-state index contributed by atoms with van der Waals surface area (Å²) in [7, 11) is 0. The van der Waals surface area contributed by atoms with Crippen LogP contribution in [0.15, 0.2) is 144 Å². The van der Waals surface area contributed by atoms with Crippen LogP contribution >= 0.6 is 11.8 Å². The number of nitrogens with one attached hydrogen (secondary N) is 3. The predicted octanol–water partition coefficient (Wildman–Crippen LogP) is 8.66.